The largest absolute Gasteiger partial charge is 0.116 e. The maximum absolute atomic E-state index is 5.76. The normalized spacial score (nSPS) is 10.1. The summed E-state index contributed by atoms with van der Waals surface area (Å²) < 4.78 is 0. The van der Waals surface area contributed by atoms with E-state index in [-0.39, 0.29) is 0 Å². The van der Waals surface area contributed by atoms with Gasteiger partial charge in [0, 0.05) is 0 Å². The topological polar surface area (TPSA) is 0 Å². The average molecular weight is 202 g/mol. The Balaban J connectivity index is 2.51. The Morgan fingerprint density at radius 2 is 1.43 bits per heavy atom. The van der Waals surface area contributed by atoms with Crippen molar-refractivity contribution < 1.29 is 0 Å². The number of hydrogen-bond acceptors (Lipinski definition) is 0. The van der Waals surface area contributed by atoms with Gasteiger partial charge >= 0.3 is 0 Å². The highest BCUT2D eigenvalue weighted by molar-refractivity contribution is 6.25. The summed E-state index contributed by atoms with van der Waals surface area (Å²) in [4.78, 5) is 0. The fourth-order valence-electron chi connectivity index (χ4n) is 1.47. The van der Waals surface area contributed by atoms with Crippen LogP contribution in [-0.4, -0.2) is 0 Å². The second-order valence-corrected chi connectivity index (χ2v) is 3.28. The van der Waals surface area contributed by atoms with Crippen molar-refractivity contribution in [3.05, 3.63) is 66.0 Å². The third kappa shape index (κ3) is 1.80. The minimum absolute atomic E-state index is 1.06. The average Bonchev–Trinajstić information content (AvgIpc) is 2.30. The van der Waals surface area contributed by atoms with Crippen LogP contribution in [0.25, 0.3) is 11.1 Å². The second kappa shape index (κ2) is 4.30. The van der Waals surface area contributed by atoms with E-state index in [1.165, 1.54) is 11.1 Å². The highest BCUT2D eigenvalue weighted by Crippen LogP contribution is 2.25. The van der Waals surface area contributed by atoms with Gasteiger partial charge in [-0.15, -0.1) is 11.6 Å². The van der Waals surface area contributed by atoms with Gasteiger partial charge in [-0.3, -0.25) is 0 Å². The van der Waals surface area contributed by atoms with Crippen LogP contribution in [-0.2, 0) is 0 Å². The maximum Gasteiger partial charge on any atom is 0.0796 e. The SMILES string of the molecule is Cl[CH]c1ccccc1-c1ccccc1. The van der Waals surface area contributed by atoms with Crippen LogP contribution in [0.15, 0.2) is 54.6 Å². The molecule has 0 spiro atoms. The van der Waals surface area contributed by atoms with Gasteiger partial charge in [0.2, 0.25) is 0 Å². The van der Waals surface area contributed by atoms with Crippen molar-refractivity contribution in [2.75, 3.05) is 0 Å². The van der Waals surface area contributed by atoms with E-state index in [2.05, 4.69) is 18.2 Å². The van der Waals surface area contributed by atoms with Crippen LogP contribution in [0.5, 0.6) is 0 Å². The standard InChI is InChI=1S/C13H10Cl/c14-10-12-8-4-5-9-13(12)11-6-2-1-3-7-11/h1-10H. The Hall–Kier alpha value is -1.27. The fraction of sp³-hybridized carbons (Fsp3) is 0. The van der Waals surface area contributed by atoms with Gasteiger partial charge < -0.3 is 0 Å². The van der Waals surface area contributed by atoms with Crippen LogP contribution in [0.3, 0.4) is 0 Å². The molecule has 0 aliphatic rings. The zero-order valence-corrected chi connectivity index (χ0v) is 8.41. The van der Waals surface area contributed by atoms with Gasteiger partial charge in [0.25, 0.3) is 0 Å². The third-order valence-electron chi connectivity index (χ3n) is 2.16. The Morgan fingerprint density at radius 3 is 2.14 bits per heavy atom. The zero-order valence-electron chi connectivity index (χ0n) is 7.65. The number of benzene rings is 2. The van der Waals surface area contributed by atoms with E-state index in [4.69, 9.17) is 11.6 Å². The number of hydrogen-bond donors (Lipinski definition) is 0. The number of halogens is 1. The lowest BCUT2D eigenvalue weighted by Gasteiger charge is -2.05. The van der Waals surface area contributed by atoms with Crippen molar-refractivity contribution in [1.29, 1.82) is 0 Å². The summed E-state index contributed by atoms with van der Waals surface area (Å²) in [6, 6.07) is 18.3. The van der Waals surface area contributed by atoms with E-state index >= 15 is 0 Å². The first-order chi connectivity index (χ1) is 6.92. The van der Waals surface area contributed by atoms with Crippen molar-refractivity contribution in [3.8, 4) is 11.1 Å². The van der Waals surface area contributed by atoms with Gasteiger partial charge in [-0.2, -0.15) is 0 Å². The Kier molecular flexibility index (Phi) is 2.85. The van der Waals surface area contributed by atoms with Crippen molar-refractivity contribution in [2.24, 2.45) is 0 Å². The molecule has 0 saturated heterocycles. The number of rotatable bonds is 2. The summed E-state index contributed by atoms with van der Waals surface area (Å²) in [5.74, 6) is 1.61. The quantitative estimate of drug-likeness (QED) is 0.686. The summed E-state index contributed by atoms with van der Waals surface area (Å²) in [6.45, 7) is 0. The Labute approximate surface area is 89.2 Å². The molecule has 0 atom stereocenters. The molecule has 2 aromatic rings. The molecule has 2 aromatic carbocycles. The van der Waals surface area contributed by atoms with E-state index in [9.17, 15) is 0 Å². The molecule has 0 unspecified atom stereocenters. The molecule has 0 nitrogen and oxygen atoms in total. The summed E-state index contributed by atoms with van der Waals surface area (Å²) in [5, 5.41) is 0. The van der Waals surface area contributed by atoms with Gasteiger partial charge in [-0.25, -0.2) is 0 Å². The first-order valence-electron chi connectivity index (χ1n) is 4.49. The smallest absolute Gasteiger partial charge is 0.0796 e. The van der Waals surface area contributed by atoms with Crippen LogP contribution in [0.4, 0.5) is 0 Å². The molecule has 0 fully saturated rings. The Bertz CT molecular complexity index is 407. The molecule has 0 aliphatic carbocycles. The van der Waals surface area contributed by atoms with Crippen LogP contribution in [0.1, 0.15) is 5.56 Å². The van der Waals surface area contributed by atoms with Crippen LogP contribution < -0.4 is 0 Å². The first kappa shape index (κ1) is 9.29. The summed E-state index contributed by atoms with van der Waals surface area (Å²) in [6.07, 6.45) is 0. The summed E-state index contributed by atoms with van der Waals surface area (Å²) in [5.41, 5.74) is 3.42. The lowest BCUT2D eigenvalue weighted by molar-refractivity contribution is 1.55. The molecule has 1 radical (unpaired) electrons. The van der Waals surface area contributed by atoms with Crippen LogP contribution in [0, 0.1) is 5.88 Å². The molecule has 0 heterocycles. The maximum atomic E-state index is 5.76. The zero-order chi connectivity index (χ0) is 9.80. The molecule has 0 saturated carbocycles. The van der Waals surface area contributed by atoms with Crippen molar-refractivity contribution >= 4 is 11.6 Å². The van der Waals surface area contributed by atoms with E-state index in [0.29, 0.717) is 0 Å². The molecule has 0 bridgehead atoms. The molecule has 0 N–H and O–H groups in total. The molecule has 0 aromatic heterocycles. The molecule has 2 rings (SSSR count). The van der Waals surface area contributed by atoms with Gasteiger partial charge in [-0.05, 0) is 16.7 Å². The molecule has 69 valence electrons. The van der Waals surface area contributed by atoms with Crippen molar-refractivity contribution in [3.63, 3.8) is 0 Å². The predicted molar refractivity (Wildman–Crippen MR) is 61.1 cm³/mol. The summed E-state index contributed by atoms with van der Waals surface area (Å²) in [7, 11) is 0. The van der Waals surface area contributed by atoms with Gasteiger partial charge in [0.05, 0.1) is 5.88 Å². The first-order valence-corrected chi connectivity index (χ1v) is 4.93. The molecule has 14 heavy (non-hydrogen) atoms. The lowest BCUT2D eigenvalue weighted by Crippen LogP contribution is -1.83. The lowest BCUT2D eigenvalue weighted by atomic mass is 10.0. The fourth-order valence-corrected chi connectivity index (χ4v) is 1.66. The van der Waals surface area contributed by atoms with E-state index in [0.717, 1.165) is 5.56 Å². The van der Waals surface area contributed by atoms with Gasteiger partial charge in [0.15, 0.2) is 0 Å². The molecular weight excluding hydrogens is 192 g/mol. The Morgan fingerprint density at radius 1 is 0.786 bits per heavy atom. The molecule has 1 heteroatoms. The van der Waals surface area contributed by atoms with E-state index < -0.39 is 0 Å². The van der Waals surface area contributed by atoms with Gasteiger partial charge in [0.1, 0.15) is 0 Å². The van der Waals surface area contributed by atoms with Crippen LogP contribution in [0.2, 0.25) is 0 Å². The highest BCUT2D eigenvalue weighted by Gasteiger charge is 2.01. The monoisotopic (exact) mass is 201 g/mol. The molecular formula is C13H10Cl. The van der Waals surface area contributed by atoms with E-state index in [1.54, 1.807) is 5.88 Å². The predicted octanol–water partition coefficient (Wildman–Crippen LogP) is 4.10. The van der Waals surface area contributed by atoms with Gasteiger partial charge in [-0.1, -0.05) is 54.6 Å². The molecule has 0 aliphatic heterocycles. The third-order valence-corrected chi connectivity index (χ3v) is 2.40. The van der Waals surface area contributed by atoms with Crippen molar-refractivity contribution in [1.82, 2.24) is 0 Å². The highest BCUT2D eigenvalue weighted by atomic mass is 35.5. The minimum Gasteiger partial charge on any atom is -0.116 e. The van der Waals surface area contributed by atoms with Crippen LogP contribution >= 0.6 is 11.6 Å². The second-order valence-electron chi connectivity index (χ2n) is 3.06. The molecule has 0 amide bonds. The van der Waals surface area contributed by atoms with E-state index in [1.807, 2.05) is 36.4 Å². The summed E-state index contributed by atoms with van der Waals surface area (Å²) >= 11 is 5.76. The van der Waals surface area contributed by atoms with Crippen molar-refractivity contribution in [2.45, 2.75) is 0 Å². The minimum atomic E-state index is 1.06.